The number of ether oxygens (including phenoxy) is 2. The first kappa shape index (κ1) is 14.0. The molecule has 2 rings (SSSR count). The number of carbonyl (C=O) groups is 1. The van der Waals surface area contributed by atoms with Crippen LogP contribution in [0.15, 0.2) is 18.3 Å². The van der Waals surface area contributed by atoms with Gasteiger partial charge in [0.2, 0.25) is 0 Å². The summed E-state index contributed by atoms with van der Waals surface area (Å²) in [5, 5.41) is 3.17. The third-order valence-electron chi connectivity index (χ3n) is 3.40. The van der Waals surface area contributed by atoms with Gasteiger partial charge in [-0.3, -0.25) is 4.98 Å². The van der Waals surface area contributed by atoms with Crippen molar-refractivity contribution in [2.75, 3.05) is 20.7 Å². The predicted molar refractivity (Wildman–Crippen MR) is 70.8 cm³/mol. The molecule has 0 saturated heterocycles. The van der Waals surface area contributed by atoms with E-state index < -0.39 is 0 Å². The molecule has 0 atom stereocenters. The molecule has 1 saturated carbocycles. The molecule has 1 aromatic heterocycles. The molecule has 19 heavy (non-hydrogen) atoms. The number of nitrogens with zero attached hydrogens (tertiary/aromatic N) is 1. The maximum atomic E-state index is 11.2. The Morgan fingerprint density at radius 3 is 2.84 bits per heavy atom. The van der Waals surface area contributed by atoms with Crippen LogP contribution in [0.3, 0.4) is 0 Å². The van der Waals surface area contributed by atoms with Crippen LogP contribution in [0.1, 0.15) is 28.9 Å². The lowest BCUT2D eigenvalue weighted by atomic mass is 9.82. The third kappa shape index (κ3) is 3.75. The van der Waals surface area contributed by atoms with Crippen molar-refractivity contribution in [1.82, 2.24) is 10.3 Å². The van der Waals surface area contributed by atoms with Gasteiger partial charge < -0.3 is 14.8 Å². The van der Waals surface area contributed by atoms with Gasteiger partial charge in [0.1, 0.15) is 0 Å². The molecule has 0 spiro atoms. The number of hydrogen-bond acceptors (Lipinski definition) is 5. The average molecular weight is 264 g/mol. The molecule has 1 fully saturated rings. The molecule has 1 aliphatic rings. The molecule has 1 aromatic rings. The first-order valence-corrected chi connectivity index (χ1v) is 6.52. The van der Waals surface area contributed by atoms with Gasteiger partial charge in [-0.05, 0) is 44.5 Å². The Labute approximate surface area is 113 Å². The number of methoxy groups -OCH3 is 1. The van der Waals surface area contributed by atoms with E-state index in [1.807, 2.05) is 7.05 Å². The van der Waals surface area contributed by atoms with E-state index in [-0.39, 0.29) is 5.97 Å². The van der Waals surface area contributed by atoms with Crippen molar-refractivity contribution in [2.45, 2.75) is 25.6 Å². The molecule has 0 aliphatic heterocycles. The van der Waals surface area contributed by atoms with Crippen molar-refractivity contribution in [2.24, 2.45) is 5.92 Å². The molecule has 1 heterocycles. The van der Waals surface area contributed by atoms with E-state index in [0.717, 1.165) is 31.0 Å². The highest BCUT2D eigenvalue weighted by atomic mass is 16.5. The van der Waals surface area contributed by atoms with Crippen LogP contribution < -0.4 is 5.32 Å². The molecule has 0 bridgehead atoms. The summed E-state index contributed by atoms with van der Waals surface area (Å²) in [4.78, 5) is 15.4. The van der Waals surface area contributed by atoms with Crippen LogP contribution in [0.25, 0.3) is 0 Å². The number of rotatable bonds is 6. The summed E-state index contributed by atoms with van der Waals surface area (Å²) in [5.41, 5.74) is 1.30. The standard InChI is InChI=1S/C14H20N2O3/c1-15-7-10-5-13(6-10)19-9-12-4-3-11(8-16-12)14(17)18-2/h3-4,8,10,13,15H,5-7,9H2,1-2H3. The quantitative estimate of drug-likeness (QED) is 0.787. The van der Waals surface area contributed by atoms with E-state index in [9.17, 15) is 4.79 Å². The lowest BCUT2D eigenvalue weighted by Crippen LogP contribution is -2.36. The van der Waals surface area contributed by atoms with Crippen LogP contribution in [-0.2, 0) is 16.1 Å². The van der Waals surface area contributed by atoms with Crippen molar-refractivity contribution < 1.29 is 14.3 Å². The van der Waals surface area contributed by atoms with Crippen molar-refractivity contribution in [1.29, 1.82) is 0 Å². The second kappa shape index (κ2) is 6.63. The number of nitrogens with one attached hydrogen (secondary N) is 1. The maximum Gasteiger partial charge on any atom is 0.339 e. The summed E-state index contributed by atoms with van der Waals surface area (Å²) in [6, 6.07) is 3.51. The normalized spacial score (nSPS) is 21.8. The largest absolute Gasteiger partial charge is 0.465 e. The smallest absolute Gasteiger partial charge is 0.339 e. The second-order valence-electron chi connectivity index (χ2n) is 4.86. The highest BCUT2D eigenvalue weighted by Crippen LogP contribution is 2.29. The zero-order chi connectivity index (χ0) is 13.7. The Kier molecular flexibility index (Phi) is 4.87. The van der Waals surface area contributed by atoms with E-state index in [1.165, 1.54) is 13.3 Å². The van der Waals surface area contributed by atoms with Gasteiger partial charge in [-0.15, -0.1) is 0 Å². The zero-order valence-electron chi connectivity index (χ0n) is 11.4. The fourth-order valence-corrected chi connectivity index (χ4v) is 2.22. The summed E-state index contributed by atoms with van der Waals surface area (Å²) in [7, 11) is 3.33. The van der Waals surface area contributed by atoms with E-state index in [1.54, 1.807) is 12.1 Å². The first-order valence-electron chi connectivity index (χ1n) is 6.52. The minimum Gasteiger partial charge on any atom is -0.465 e. The van der Waals surface area contributed by atoms with Crippen LogP contribution in [0, 0.1) is 5.92 Å². The van der Waals surface area contributed by atoms with Crippen molar-refractivity contribution in [3.8, 4) is 0 Å². The number of aromatic nitrogens is 1. The Morgan fingerprint density at radius 1 is 1.47 bits per heavy atom. The molecule has 0 amide bonds. The molecule has 0 unspecified atom stereocenters. The van der Waals surface area contributed by atoms with Gasteiger partial charge in [-0.2, -0.15) is 0 Å². The minimum absolute atomic E-state index is 0.348. The van der Waals surface area contributed by atoms with E-state index in [2.05, 4.69) is 15.0 Å². The molecule has 5 heteroatoms. The highest BCUT2D eigenvalue weighted by molar-refractivity contribution is 5.88. The van der Waals surface area contributed by atoms with Gasteiger partial charge in [-0.1, -0.05) is 0 Å². The van der Waals surface area contributed by atoms with Gasteiger partial charge >= 0.3 is 5.97 Å². The minimum atomic E-state index is -0.367. The summed E-state index contributed by atoms with van der Waals surface area (Å²) >= 11 is 0. The summed E-state index contributed by atoms with van der Waals surface area (Å²) in [6.45, 7) is 1.56. The van der Waals surface area contributed by atoms with Gasteiger partial charge in [0.15, 0.2) is 0 Å². The topological polar surface area (TPSA) is 60.5 Å². The Bertz CT molecular complexity index is 413. The van der Waals surface area contributed by atoms with Crippen molar-refractivity contribution >= 4 is 5.97 Å². The highest BCUT2D eigenvalue weighted by Gasteiger charge is 2.29. The van der Waals surface area contributed by atoms with Gasteiger partial charge in [0.05, 0.1) is 31.1 Å². The Hall–Kier alpha value is -1.46. The van der Waals surface area contributed by atoms with E-state index in [0.29, 0.717) is 18.3 Å². The molecule has 1 aliphatic carbocycles. The fraction of sp³-hybridized carbons (Fsp3) is 0.571. The van der Waals surface area contributed by atoms with Crippen LogP contribution in [0.5, 0.6) is 0 Å². The van der Waals surface area contributed by atoms with Gasteiger partial charge in [0.25, 0.3) is 0 Å². The predicted octanol–water partition coefficient (Wildman–Crippen LogP) is 1.38. The molecule has 0 aromatic carbocycles. The average Bonchev–Trinajstić information content (AvgIpc) is 2.41. The zero-order valence-corrected chi connectivity index (χ0v) is 11.4. The summed E-state index contributed by atoms with van der Waals surface area (Å²) in [5.74, 6) is 0.374. The van der Waals surface area contributed by atoms with E-state index >= 15 is 0 Å². The number of carbonyl (C=O) groups excluding carboxylic acids is 1. The van der Waals surface area contributed by atoms with Crippen LogP contribution in [-0.4, -0.2) is 37.8 Å². The molecule has 104 valence electrons. The second-order valence-corrected chi connectivity index (χ2v) is 4.86. The third-order valence-corrected chi connectivity index (χ3v) is 3.40. The van der Waals surface area contributed by atoms with Crippen LogP contribution >= 0.6 is 0 Å². The molecule has 5 nitrogen and oxygen atoms in total. The lowest BCUT2D eigenvalue weighted by molar-refractivity contribution is -0.0402. The first-order chi connectivity index (χ1) is 9.22. The van der Waals surface area contributed by atoms with Gasteiger partial charge in [-0.25, -0.2) is 4.79 Å². The maximum absolute atomic E-state index is 11.2. The van der Waals surface area contributed by atoms with Crippen molar-refractivity contribution in [3.05, 3.63) is 29.6 Å². The van der Waals surface area contributed by atoms with Crippen LogP contribution in [0.2, 0.25) is 0 Å². The summed E-state index contributed by atoms with van der Waals surface area (Å²) < 4.78 is 10.4. The monoisotopic (exact) mass is 264 g/mol. The van der Waals surface area contributed by atoms with E-state index in [4.69, 9.17) is 4.74 Å². The molecule has 1 N–H and O–H groups in total. The Morgan fingerprint density at radius 2 is 2.26 bits per heavy atom. The van der Waals surface area contributed by atoms with Gasteiger partial charge in [0, 0.05) is 6.20 Å². The molecule has 0 radical (unpaired) electrons. The molecular weight excluding hydrogens is 244 g/mol. The number of hydrogen-bond donors (Lipinski definition) is 1. The van der Waals surface area contributed by atoms with Crippen LogP contribution in [0.4, 0.5) is 0 Å². The fourth-order valence-electron chi connectivity index (χ4n) is 2.22. The number of pyridine rings is 1. The Balaban J connectivity index is 1.74. The number of esters is 1. The summed E-state index contributed by atoms with van der Waals surface area (Å²) in [6.07, 6.45) is 4.09. The lowest BCUT2D eigenvalue weighted by Gasteiger charge is -2.34. The van der Waals surface area contributed by atoms with Crippen molar-refractivity contribution in [3.63, 3.8) is 0 Å². The molecular formula is C14H20N2O3. The SMILES string of the molecule is CNCC1CC(OCc2ccc(C(=O)OC)cn2)C1.